The molecule has 1 atom stereocenters. The monoisotopic (exact) mass is 234 g/mol. The van der Waals surface area contributed by atoms with Crippen molar-refractivity contribution in [2.45, 2.75) is 58.0 Å². The Labute approximate surface area is 104 Å². The zero-order valence-electron chi connectivity index (χ0n) is 11.4. The van der Waals surface area contributed by atoms with E-state index in [4.69, 9.17) is 9.47 Å². The second-order valence-electron chi connectivity index (χ2n) is 5.82. The molecule has 0 saturated carbocycles. The molecule has 2 heteroatoms. The van der Waals surface area contributed by atoms with Gasteiger partial charge in [-0.1, -0.05) is 37.3 Å². The van der Waals surface area contributed by atoms with E-state index in [1.807, 2.05) is 6.07 Å². The molecule has 0 aliphatic carbocycles. The predicted molar refractivity (Wildman–Crippen MR) is 69.0 cm³/mol. The summed E-state index contributed by atoms with van der Waals surface area (Å²) < 4.78 is 12.1. The summed E-state index contributed by atoms with van der Waals surface area (Å²) in [4.78, 5) is 0. The van der Waals surface area contributed by atoms with Crippen molar-refractivity contribution in [2.24, 2.45) is 0 Å². The van der Waals surface area contributed by atoms with Gasteiger partial charge in [-0.15, -0.1) is 0 Å². The number of ether oxygens (including phenoxy) is 2. The molecule has 94 valence electrons. The van der Waals surface area contributed by atoms with Gasteiger partial charge in [0, 0.05) is 5.92 Å². The SMILES string of the molecule is CC(c1ccccc1)C1OC(C)(C)C(C)(C)O1. The van der Waals surface area contributed by atoms with Crippen LogP contribution in [0.25, 0.3) is 0 Å². The molecule has 2 rings (SSSR count). The molecule has 0 radical (unpaired) electrons. The van der Waals surface area contributed by atoms with Crippen molar-refractivity contribution in [2.75, 3.05) is 0 Å². The van der Waals surface area contributed by atoms with Crippen molar-refractivity contribution in [3.05, 3.63) is 35.9 Å². The Hall–Kier alpha value is -0.860. The van der Waals surface area contributed by atoms with Crippen LogP contribution in [0.4, 0.5) is 0 Å². The fourth-order valence-corrected chi connectivity index (χ4v) is 2.01. The van der Waals surface area contributed by atoms with E-state index in [0.29, 0.717) is 0 Å². The summed E-state index contributed by atoms with van der Waals surface area (Å²) in [6, 6.07) is 10.4. The van der Waals surface area contributed by atoms with Gasteiger partial charge in [0.2, 0.25) is 0 Å². The first kappa shape index (κ1) is 12.6. The zero-order valence-corrected chi connectivity index (χ0v) is 11.4. The van der Waals surface area contributed by atoms with Crippen LogP contribution in [0.3, 0.4) is 0 Å². The lowest BCUT2D eigenvalue weighted by Crippen LogP contribution is -2.41. The molecule has 1 saturated heterocycles. The minimum atomic E-state index is -0.249. The first-order valence-corrected chi connectivity index (χ1v) is 6.24. The summed E-state index contributed by atoms with van der Waals surface area (Å²) in [7, 11) is 0. The molecule has 0 bridgehead atoms. The normalized spacial score (nSPS) is 24.8. The van der Waals surface area contributed by atoms with E-state index in [9.17, 15) is 0 Å². The van der Waals surface area contributed by atoms with Crippen LogP contribution in [0.5, 0.6) is 0 Å². The Bertz CT molecular complexity index is 365. The van der Waals surface area contributed by atoms with Crippen LogP contribution in [0, 0.1) is 0 Å². The first-order chi connectivity index (χ1) is 7.83. The Morgan fingerprint density at radius 1 is 0.941 bits per heavy atom. The second-order valence-corrected chi connectivity index (χ2v) is 5.82. The molecule has 1 aromatic carbocycles. The summed E-state index contributed by atoms with van der Waals surface area (Å²) in [6.07, 6.45) is -0.164. The van der Waals surface area contributed by atoms with Gasteiger partial charge in [0.25, 0.3) is 0 Å². The minimum absolute atomic E-state index is 0.164. The molecule has 0 spiro atoms. The first-order valence-electron chi connectivity index (χ1n) is 6.24. The third-order valence-electron chi connectivity index (χ3n) is 4.01. The molecular formula is C15H22O2. The van der Waals surface area contributed by atoms with Crippen LogP contribution in [0.2, 0.25) is 0 Å². The van der Waals surface area contributed by atoms with Gasteiger partial charge in [0.1, 0.15) is 0 Å². The van der Waals surface area contributed by atoms with Gasteiger partial charge in [-0.3, -0.25) is 0 Å². The second kappa shape index (κ2) is 4.11. The molecular weight excluding hydrogens is 212 g/mol. The van der Waals surface area contributed by atoms with Crippen molar-refractivity contribution in [1.82, 2.24) is 0 Å². The molecule has 1 aliphatic heterocycles. The number of rotatable bonds is 2. The van der Waals surface area contributed by atoms with Crippen LogP contribution < -0.4 is 0 Å². The summed E-state index contributed by atoms with van der Waals surface area (Å²) >= 11 is 0. The smallest absolute Gasteiger partial charge is 0.165 e. The van der Waals surface area contributed by atoms with Crippen LogP contribution in [-0.2, 0) is 9.47 Å². The fraction of sp³-hybridized carbons (Fsp3) is 0.600. The highest BCUT2D eigenvalue weighted by atomic mass is 16.7. The minimum Gasteiger partial charge on any atom is -0.343 e. The maximum atomic E-state index is 6.06. The lowest BCUT2D eigenvalue weighted by molar-refractivity contribution is -0.0993. The van der Waals surface area contributed by atoms with E-state index >= 15 is 0 Å². The van der Waals surface area contributed by atoms with E-state index in [1.165, 1.54) is 5.56 Å². The summed E-state index contributed by atoms with van der Waals surface area (Å²) in [5.41, 5.74) is 0.757. The zero-order chi connectivity index (χ0) is 12.7. The lowest BCUT2D eigenvalue weighted by atomic mass is 9.90. The highest BCUT2D eigenvalue weighted by Gasteiger charge is 2.50. The van der Waals surface area contributed by atoms with Gasteiger partial charge in [0.15, 0.2) is 6.29 Å². The van der Waals surface area contributed by atoms with E-state index in [0.717, 1.165) is 0 Å². The largest absolute Gasteiger partial charge is 0.343 e. The Kier molecular flexibility index (Phi) is 3.04. The van der Waals surface area contributed by atoms with Crippen molar-refractivity contribution in [1.29, 1.82) is 0 Å². The number of hydrogen-bond donors (Lipinski definition) is 0. The maximum Gasteiger partial charge on any atom is 0.165 e. The summed E-state index contributed by atoms with van der Waals surface area (Å²) in [6.45, 7) is 10.5. The molecule has 1 aliphatic rings. The topological polar surface area (TPSA) is 18.5 Å². The molecule has 0 N–H and O–H groups in total. The quantitative estimate of drug-likeness (QED) is 0.776. The van der Waals surface area contributed by atoms with E-state index in [2.05, 4.69) is 58.9 Å². The molecule has 17 heavy (non-hydrogen) atoms. The lowest BCUT2D eigenvalue weighted by Gasteiger charge is -2.30. The molecule has 1 fully saturated rings. The summed E-state index contributed by atoms with van der Waals surface area (Å²) in [5, 5.41) is 0. The Morgan fingerprint density at radius 2 is 1.41 bits per heavy atom. The fourth-order valence-electron chi connectivity index (χ4n) is 2.01. The molecule has 1 unspecified atom stereocenters. The van der Waals surface area contributed by atoms with Crippen LogP contribution in [0.15, 0.2) is 30.3 Å². The van der Waals surface area contributed by atoms with Gasteiger partial charge in [-0.05, 0) is 33.3 Å². The van der Waals surface area contributed by atoms with Gasteiger partial charge in [0.05, 0.1) is 11.2 Å². The maximum absolute atomic E-state index is 6.06. The van der Waals surface area contributed by atoms with Gasteiger partial charge >= 0.3 is 0 Å². The molecule has 2 nitrogen and oxygen atoms in total. The van der Waals surface area contributed by atoms with Crippen LogP contribution in [0.1, 0.15) is 46.1 Å². The highest BCUT2D eigenvalue weighted by Crippen LogP contribution is 2.42. The molecule has 1 aromatic rings. The van der Waals surface area contributed by atoms with Crippen LogP contribution >= 0.6 is 0 Å². The van der Waals surface area contributed by atoms with E-state index in [1.54, 1.807) is 0 Å². The van der Waals surface area contributed by atoms with Crippen molar-refractivity contribution < 1.29 is 9.47 Å². The Morgan fingerprint density at radius 3 is 1.88 bits per heavy atom. The number of hydrogen-bond acceptors (Lipinski definition) is 2. The van der Waals surface area contributed by atoms with Crippen molar-refractivity contribution >= 4 is 0 Å². The van der Waals surface area contributed by atoms with E-state index < -0.39 is 0 Å². The van der Waals surface area contributed by atoms with Crippen molar-refractivity contribution in [3.8, 4) is 0 Å². The predicted octanol–water partition coefficient (Wildman–Crippen LogP) is 3.72. The van der Waals surface area contributed by atoms with Gasteiger partial charge in [-0.25, -0.2) is 0 Å². The van der Waals surface area contributed by atoms with Gasteiger partial charge in [-0.2, -0.15) is 0 Å². The highest BCUT2D eigenvalue weighted by molar-refractivity contribution is 5.20. The molecule has 0 amide bonds. The van der Waals surface area contributed by atoms with Gasteiger partial charge < -0.3 is 9.47 Å². The Balaban J connectivity index is 2.17. The third kappa shape index (κ3) is 2.24. The third-order valence-corrected chi connectivity index (χ3v) is 4.01. The summed E-state index contributed by atoms with van der Waals surface area (Å²) in [5.74, 6) is 0.247. The van der Waals surface area contributed by atoms with E-state index in [-0.39, 0.29) is 23.4 Å². The average molecular weight is 234 g/mol. The van der Waals surface area contributed by atoms with Crippen molar-refractivity contribution in [3.63, 3.8) is 0 Å². The standard InChI is InChI=1S/C15H22O2/c1-11(12-9-7-6-8-10-12)13-16-14(2,3)15(4,5)17-13/h6-11,13H,1-5H3. The van der Waals surface area contributed by atoms with Crippen LogP contribution in [-0.4, -0.2) is 17.5 Å². The molecule has 0 aromatic heterocycles. The molecule has 1 heterocycles. The number of benzene rings is 1. The average Bonchev–Trinajstić information content (AvgIpc) is 2.48.